The smallest absolute Gasteiger partial charge is 0.218 e. The number of nitrogens with one attached hydrogen (secondary N) is 1. The van der Waals surface area contributed by atoms with Gasteiger partial charge in [0.1, 0.15) is 5.82 Å². The van der Waals surface area contributed by atoms with Crippen LogP contribution in [0.2, 0.25) is 0 Å². The minimum atomic E-state index is -3.16. The van der Waals surface area contributed by atoms with Gasteiger partial charge < -0.3 is 10.7 Å². The van der Waals surface area contributed by atoms with E-state index in [-0.39, 0.29) is 24.8 Å². The molecule has 0 bridgehead atoms. The number of halogens is 1. The number of hydrogen-bond acceptors (Lipinski definition) is 4. The monoisotopic (exact) mass is 389 g/mol. The summed E-state index contributed by atoms with van der Waals surface area (Å²) in [6, 6.07) is 9.76. The van der Waals surface area contributed by atoms with Crippen LogP contribution in [-0.4, -0.2) is 30.8 Å². The van der Waals surface area contributed by atoms with Gasteiger partial charge in [0.2, 0.25) is 5.91 Å². The Morgan fingerprint density at radius 2 is 2.07 bits per heavy atom. The molecule has 1 amide bonds. The van der Waals surface area contributed by atoms with E-state index in [4.69, 9.17) is 5.73 Å². The van der Waals surface area contributed by atoms with Crippen LogP contribution in [0.4, 0.5) is 4.39 Å². The molecule has 1 aromatic heterocycles. The highest BCUT2D eigenvalue weighted by atomic mass is 32.3. The number of fused-ring (bicyclic) bond motifs is 2. The lowest BCUT2D eigenvalue weighted by Crippen LogP contribution is -2.28. The van der Waals surface area contributed by atoms with Crippen molar-refractivity contribution in [2.45, 2.75) is 24.3 Å². The van der Waals surface area contributed by atoms with Gasteiger partial charge in [-0.2, -0.15) is 4.31 Å². The SMILES string of the molecule is CC1c2cc(-c3c[nH]c4cc(F)ccc34)ccc2S(O)(O)N1CCC(N)=O. The molecule has 1 unspecified atom stereocenters. The quantitative estimate of drug-likeness (QED) is 0.536. The molecular weight excluding hydrogens is 369 g/mol. The average Bonchev–Trinajstić information content (AvgIpc) is 3.10. The fraction of sp³-hybridized carbons (Fsp3) is 0.211. The lowest BCUT2D eigenvalue weighted by molar-refractivity contribution is -0.118. The summed E-state index contributed by atoms with van der Waals surface area (Å²) in [4.78, 5) is 14.7. The summed E-state index contributed by atoms with van der Waals surface area (Å²) in [5, 5.41) is 0.888. The van der Waals surface area contributed by atoms with Crippen molar-refractivity contribution >= 4 is 27.6 Å². The van der Waals surface area contributed by atoms with Gasteiger partial charge >= 0.3 is 0 Å². The highest BCUT2D eigenvalue weighted by Crippen LogP contribution is 2.63. The first-order valence-electron chi connectivity index (χ1n) is 8.53. The zero-order valence-corrected chi connectivity index (χ0v) is 15.5. The predicted octanol–water partition coefficient (Wildman–Crippen LogP) is 4.25. The molecule has 1 aliphatic rings. The van der Waals surface area contributed by atoms with Crippen LogP contribution in [0.1, 0.15) is 24.9 Å². The average molecular weight is 389 g/mol. The first-order chi connectivity index (χ1) is 12.8. The van der Waals surface area contributed by atoms with Gasteiger partial charge in [-0.3, -0.25) is 13.9 Å². The van der Waals surface area contributed by atoms with Crippen LogP contribution in [0.25, 0.3) is 22.0 Å². The summed E-state index contributed by atoms with van der Waals surface area (Å²) in [7, 11) is -3.16. The maximum atomic E-state index is 13.4. The van der Waals surface area contributed by atoms with Crippen LogP contribution in [0.3, 0.4) is 0 Å². The normalized spacial score (nSPS) is 19.9. The Bertz CT molecular complexity index is 1050. The van der Waals surface area contributed by atoms with E-state index >= 15 is 0 Å². The molecule has 0 saturated heterocycles. The molecule has 142 valence electrons. The molecule has 1 aliphatic heterocycles. The van der Waals surface area contributed by atoms with E-state index in [1.54, 1.807) is 12.1 Å². The Kier molecular flexibility index (Phi) is 4.23. The molecule has 6 nitrogen and oxygen atoms in total. The van der Waals surface area contributed by atoms with Gasteiger partial charge in [-0.1, -0.05) is 6.07 Å². The molecule has 2 heterocycles. The predicted molar refractivity (Wildman–Crippen MR) is 104 cm³/mol. The van der Waals surface area contributed by atoms with Gasteiger partial charge in [0.25, 0.3) is 0 Å². The van der Waals surface area contributed by atoms with Crippen LogP contribution in [0.5, 0.6) is 0 Å². The van der Waals surface area contributed by atoms with Crippen molar-refractivity contribution in [3.8, 4) is 11.1 Å². The number of nitrogens with zero attached hydrogens (tertiary/aromatic N) is 1. The second-order valence-corrected chi connectivity index (χ2v) is 8.64. The van der Waals surface area contributed by atoms with Gasteiger partial charge in [-0.05, 0) is 48.4 Å². The number of amides is 1. The Hall–Kier alpha value is -2.39. The van der Waals surface area contributed by atoms with E-state index in [1.165, 1.54) is 16.4 Å². The molecule has 0 saturated carbocycles. The number of H-pyrrole nitrogens is 1. The highest BCUT2D eigenvalue weighted by Gasteiger charge is 2.40. The molecule has 4 rings (SSSR count). The minimum Gasteiger partial charge on any atom is -0.370 e. The number of benzene rings is 2. The number of hydrogen-bond donors (Lipinski definition) is 4. The molecule has 0 fully saturated rings. The summed E-state index contributed by atoms with van der Waals surface area (Å²) in [5.74, 6) is -0.794. The Morgan fingerprint density at radius 1 is 1.30 bits per heavy atom. The van der Waals surface area contributed by atoms with Crippen LogP contribution in [0, 0.1) is 5.82 Å². The van der Waals surface area contributed by atoms with Crippen molar-refractivity contribution in [1.82, 2.24) is 9.29 Å². The summed E-state index contributed by atoms with van der Waals surface area (Å²) in [6.07, 6.45) is 1.86. The van der Waals surface area contributed by atoms with Crippen LogP contribution in [0.15, 0.2) is 47.5 Å². The maximum absolute atomic E-state index is 13.4. The molecule has 27 heavy (non-hydrogen) atoms. The van der Waals surface area contributed by atoms with E-state index in [0.29, 0.717) is 10.4 Å². The van der Waals surface area contributed by atoms with Crippen molar-refractivity contribution in [1.29, 1.82) is 0 Å². The maximum Gasteiger partial charge on any atom is 0.218 e. The first kappa shape index (κ1) is 18.0. The number of nitrogens with two attached hydrogens (primary N) is 1. The summed E-state index contributed by atoms with van der Waals surface area (Å²) in [6.45, 7) is 2.05. The van der Waals surface area contributed by atoms with Crippen molar-refractivity contribution in [2.75, 3.05) is 6.54 Å². The zero-order valence-electron chi connectivity index (χ0n) is 14.6. The van der Waals surface area contributed by atoms with Gasteiger partial charge in [-0.25, -0.2) is 4.39 Å². The van der Waals surface area contributed by atoms with Crippen molar-refractivity contribution < 1.29 is 18.3 Å². The minimum absolute atomic E-state index is 0.0507. The third-order valence-corrected chi connectivity index (χ3v) is 7.16. The second kappa shape index (κ2) is 6.35. The van der Waals surface area contributed by atoms with Gasteiger partial charge in [0.15, 0.2) is 0 Å². The Morgan fingerprint density at radius 3 is 2.81 bits per heavy atom. The molecular formula is C19H20FN3O3S. The number of aromatic nitrogens is 1. The third kappa shape index (κ3) is 2.90. The largest absolute Gasteiger partial charge is 0.370 e. The second-order valence-electron chi connectivity index (χ2n) is 6.70. The van der Waals surface area contributed by atoms with E-state index in [1.807, 2.05) is 25.3 Å². The van der Waals surface area contributed by atoms with E-state index in [9.17, 15) is 18.3 Å². The van der Waals surface area contributed by atoms with Crippen LogP contribution < -0.4 is 5.73 Å². The fourth-order valence-corrected chi connectivity index (χ4v) is 5.62. The van der Waals surface area contributed by atoms with E-state index in [0.717, 1.165) is 22.1 Å². The summed E-state index contributed by atoms with van der Waals surface area (Å²) in [5.41, 5.74) is 8.51. The summed E-state index contributed by atoms with van der Waals surface area (Å²) >= 11 is 0. The molecule has 5 N–H and O–H groups in total. The topological polar surface area (TPSA) is 103 Å². The van der Waals surface area contributed by atoms with Crippen LogP contribution in [-0.2, 0) is 4.79 Å². The Labute approximate surface area is 157 Å². The van der Waals surface area contributed by atoms with E-state index < -0.39 is 16.7 Å². The zero-order chi connectivity index (χ0) is 19.3. The van der Waals surface area contributed by atoms with Crippen LogP contribution >= 0.6 is 10.8 Å². The number of carbonyl (C=O) groups excluding carboxylic acids is 1. The standard InChI is InChI=1S/C19H20FN3O3S/c1-11-15-8-12(16-10-22-17-9-13(20)3-4-14(16)17)2-5-18(15)27(25,26)23(11)7-6-19(21)24/h2-5,8-11,22,25-26H,6-7H2,1H3,(H2,21,24). The number of primary amides is 1. The molecule has 0 aliphatic carbocycles. The van der Waals surface area contributed by atoms with Gasteiger partial charge in [-0.15, -0.1) is 10.8 Å². The highest BCUT2D eigenvalue weighted by molar-refractivity contribution is 8.22. The lowest BCUT2D eigenvalue weighted by atomic mass is 9.99. The summed E-state index contributed by atoms with van der Waals surface area (Å²) < 4.78 is 36.3. The van der Waals surface area contributed by atoms with Crippen molar-refractivity contribution in [2.24, 2.45) is 5.73 Å². The number of carbonyl (C=O) groups is 1. The molecule has 8 heteroatoms. The first-order valence-corrected chi connectivity index (χ1v) is 10.0. The molecule has 1 atom stereocenters. The third-order valence-electron chi connectivity index (χ3n) is 5.05. The lowest BCUT2D eigenvalue weighted by Gasteiger charge is -2.38. The van der Waals surface area contributed by atoms with Crippen molar-refractivity contribution in [3.63, 3.8) is 0 Å². The molecule has 3 aromatic rings. The number of rotatable bonds is 4. The van der Waals surface area contributed by atoms with E-state index in [2.05, 4.69) is 4.98 Å². The van der Waals surface area contributed by atoms with Gasteiger partial charge in [0.05, 0.1) is 10.9 Å². The van der Waals surface area contributed by atoms with Gasteiger partial charge in [0, 0.05) is 35.6 Å². The molecule has 2 aromatic carbocycles. The number of aromatic amines is 1. The van der Waals surface area contributed by atoms with Crippen molar-refractivity contribution in [3.05, 3.63) is 54.0 Å². The Balaban J connectivity index is 1.76. The molecule has 0 spiro atoms. The molecule has 0 radical (unpaired) electrons. The fourth-order valence-electron chi connectivity index (χ4n) is 3.67.